The smallest absolute Gasteiger partial charge is 0.166 e. The molecule has 1 aromatic heterocycles. The lowest BCUT2D eigenvalue weighted by Crippen LogP contribution is -2.17. The maximum absolute atomic E-state index is 12.8. The number of ketones is 1. The van der Waals surface area contributed by atoms with Crippen LogP contribution in [0.1, 0.15) is 36.7 Å². The summed E-state index contributed by atoms with van der Waals surface area (Å²) in [5.41, 5.74) is 4.68. The first-order chi connectivity index (χ1) is 11.5. The maximum Gasteiger partial charge on any atom is 0.166 e. The highest BCUT2D eigenvalue weighted by atomic mass is 16.3. The molecule has 1 unspecified atom stereocenters. The minimum Gasteiger partial charge on any atom is -0.392 e. The second-order valence-electron chi connectivity index (χ2n) is 6.71. The lowest BCUT2D eigenvalue weighted by Gasteiger charge is -2.15. The van der Waals surface area contributed by atoms with Gasteiger partial charge in [-0.15, -0.1) is 0 Å². The predicted octanol–water partition coefficient (Wildman–Crippen LogP) is 4.80. The molecule has 1 atom stereocenters. The Morgan fingerprint density at radius 3 is 2.42 bits per heavy atom. The summed E-state index contributed by atoms with van der Waals surface area (Å²) in [4.78, 5) is 16.0. The molecule has 2 aromatic carbocycles. The molecule has 124 valence electrons. The number of aliphatic hydroxyl groups is 1. The lowest BCUT2D eigenvalue weighted by atomic mass is 9.88. The van der Waals surface area contributed by atoms with Crippen molar-refractivity contribution in [1.29, 1.82) is 0 Å². The third-order valence-electron chi connectivity index (χ3n) is 4.81. The third-order valence-corrected chi connectivity index (χ3v) is 4.81. The molecule has 3 rings (SSSR count). The zero-order valence-electron chi connectivity index (χ0n) is 14.3. The van der Waals surface area contributed by atoms with Gasteiger partial charge in [-0.25, -0.2) is 0 Å². The molecule has 3 nitrogen and oxygen atoms in total. The summed E-state index contributed by atoms with van der Waals surface area (Å²) in [7, 11) is 0. The zero-order valence-corrected chi connectivity index (χ0v) is 14.3. The second kappa shape index (κ2) is 6.62. The van der Waals surface area contributed by atoms with Crippen molar-refractivity contribution in [3.63, 3.8) is 0 Å². The van der Waals surface area contributed by atoms with Crippen LogP contribution in [0.3, 0.4) is 0 Å². The van der Waals surface area contributed by atoms with Crippen molar-refractivity contribution < 1.29 is 9.90 Å². The molecule has 0 aliphatic heterocycles. The average Bonchev–Trinajstić information content (AvgIpc) is 3.08. The standard InChI is InChI=1S/C21H23NO2/c1-13(2)14(3)21(24)17-10-19(18-8-9-22-20(18)11-17)16-6-4-15(12-23)5-7-16/h4-11,13-14,22-23H,12H2,1-3H3. The Morgan fingerprint density at radius 2 is 1.79 bits per heavy atom. The minimum absolute atomic E-state index is 0.0120. The number of benzene rings is 2. The van der Waals surface area contributed by atoms with E-state index in [0.29, 0.717) is 5.92 Å². The molecule has 1 heterocycles. The molecule has 24 heavy (non-hydrogen) atoms. The number of rotatable bonds is 5. The predicted molar refractivity (Wildman–Crippen MR) is 98.0 cm³/mol. The SMILES string of the molecule is CC(C)C(C)C(=O)c1cc(-c2ccc(CO)cc2)c2cc[nH]c2c1. The molecule has 0 bridgehead atoms. The van der Waals surface area contributed by atoms with E-state index in [2.05, 4.69) is 18.8 Å². The topological polar surface area (TPSA) is 53.1 Å². The van der Waals surface area contributed by atoms with Gasteiger partial charge < -0.3 is 10.1 Å². The van der Waals surface area contributed by atoms with Crippen LogP contribution in [0.4, 0.5) is 0 Å². The minimum atomic E-state index is -0.0120. The molecular weight excluding hydrogens is 298 g/mol. The summed E-state index contributed by atoms with van der Waals surface area (Å²) in [6.07, 6.45) is 1.90. The van der Waals surface area contributed by atoms with Gasteiger partial charge in [-0.3, -0.25) is 4.79 Å². The van der Waals surface area contributed by atoms with Gasteiger partial charge in [0.15, 0.2) is 5.78 Å². The molecule has 0 spiro atoms. The van der Waals surface area contributed by atoms with Crippen LogP contribution in [-0.2, 0) is 6.61 Å². The molecule has 0 amide bonds. The normalized spacial score (nSPS) is 12.7. The summed E-state index contributed by atoms with van der Waals surface area (Å²) < 4.78 is 0. The van der Waals surface area contributed by atoms with Crippen molar-refractivity contribution in [3.8, 4) is 11.1 Å². The number of hydrogen-bond acceptors (Lipinski definition) is 2. The Hall–Kier alpha value is -2.39. The summed E-state index contributed by atoms with van der Waals surface area (Å²) in [6.45, 7) is 6.17. The van der Waals surface area contributed by atoms with Crippen LogP contribution in [0, 0.1) is 11.8 Å². The van der Waals surface area contributed by atoms with Gasteiger partial charge >= 0.3 is 0 Å². The molecule has 2 N–H and O–H groups in total. The molecule has 0 radical (unpaired) electrons. The van der Waals surface area contributed by atoms with Gasteiger partial charge in [-0.2, -0.15) is 0 Å². The number of aliphatic hydroxyl groups excluding tert-OH is 1. The Balaban J connectivity index is 2.12. The Morgan fingerprint density at radius 1 is 1.08 bits per heavy atom. The largest absolute Gasteiger partial charge is 0.392 e. The molecule has 0 aliphatic rings. The van der Waals surface area contributed by atoms with Crippen molar-refractivity contribution in [1.82, 2.24) is 4.98 Å². The number of hydrogen-bond donors (Lipinski definition) is 2. The van der Waals surface area contributed by atoms with E-state index in [1.54, 1.807) is 0 Å². The van der Waals surface area contributed by atoms with Gasteiger partial charge in [0.05, 0.1) is 6.61 Å². The number of aromatic nitrogens is 1. The highest BCUT2D eigenvalue weighted by Crippen LogP contribution is 2.31. The van der Waals surface area contributed by atoms with E-state index in [0.717, 1.165) is 33.2 Å². The fourth-order valence-corrected chi connectivity index (χ4v) is 2.90. The lowest BCUT2D eigenvalue weighted by molar-refractivity contribution is 0.0900. The van der Waals surface area contributed by atoms with Crippen molar-refractivity contribution in [2.75, 3.05) is 0 Å². The van der Waals surface area contributed by atoms with E-state index >= 15 is 0 Å². The van der Waals surface area contributed by atoms with Crippen LogP contribution in [0.2, 0.25) is 0 Å². The van der Waals surface area contributed by atoms with Gasteiger partial charge in [0.2, 0.25) is 0 Å². The number of carbonyl (C=O) groups is 1. The first-order valence-electron chi connectivity index (χ1n) is 8.36. The van der Waals surface area contributed by atoms with Gasteiger partial charge in [-0.1, -0.05) is 45.0 Å². The molecular formula is C21H23NO2. The van der Waals surface area contributed by atoms with Crippen LogP contribution >= 0.6 is 0 Å². The number of Topliss-reactive ketones (excluding diaryl/α,β-unsaturated/α-hetero) is 1. The summed E-state index contributed by atoms with van der Waals surface area (Å²) in [6, 6.07) is 13.8. The number of nitrogens with one attached hydrogen (secondary N) is 1. The summed E-state index contributed by atoms with van der Waals surface area (Å²) in [5, 5.41) is 10.3. The number of fused-ring (bicyclic) bond motifs is 1. The van der Waals surface area contributed by atoms with Crippen LogP contribution in [-0.4, -0.2) is 15.9 Å². The molecule has 0 fully saturated rings. The van der Waals surface area contributed by atoms with E-state index in [-0.39, 0.29) is 18.3 Å². The molecule has 0 aliphatic carbocycles. The highest BCUT2D eigenvalue weighted by molar-refractivity contribution is 6.05. The van der Waals surface area contributed by atoms with E-state index in [9.17, 15) is 9.90 Å². The van der Waals surface area contributed by atoms with Crippen LogP contribution in [0.15, 0.2) is 48.7 Å². The monoisotopic (exact) mass is 321 g/mol. The molecule has 3 aromatic rings. The van der Waals surface area contributed by atoms with Gasteiger partial charge in [-0.05, 0) is 40.8 Å². The molecule has 3 heteroatoms. The highest BCUT2D eigenvalue weighted by Gasteiger charge is 2.20. The first-order valence-corrected chi connectivity index (χ1v) is 8.36. The van der Waals surface area contributed by atoms with E-state index in [1.807, 2.05) is 55.6 Å². The van der Waals surface area contributed by atoms with Crippen LogP contribution in [0.25, 0.3) is 22.0 Å². The molecule has 0 saturated heterocycles. The Bertz CT molecular complexity index is 859. The zero-order chi connectivity index (χ0) is 17.3. The fraction of sp³-hybridized carbons (Fsp3) is 0.286. The number of H-pyrrole nitrogens is 1. The average molecular weight is 321 g/mol. The van der Waals surface area contributed by atoms with E-state index < -0.39 is 0 Å². The summed E-state index contributed by atoms with van der Waals surface area (Å²) in [5.74, 6) is 0.473. The fourth-order valence-electron chi connectivity index (χ4n) is 2.90. The Kier molecular flexibility index (Phi) is 4.54. The number of aromatic amines is 1. The van der Waals surface area contributed by atoms with E-state index in [4.69, 9.17) is 0 Å². The van der Waals surface area contributed by atoms with Crippen LogP contribution < -0.4 is 0 Å². The summed E-state index contributed by atoms with van der Waals surface area (Å²) >= 11 is 0. The van der Waals surface area contributed by atoms with E-state index in [1.165, 1.54) is 0 Å². The maximum atomic E-state index is 12.8. The van der Waals surface area contributed by atoms with Gasteiger partial charge in [0.1, 0.15) is 0 Å². The first kappa shape index (κ1) is 16.5. The Labute approximate surface area is 142 Å². The van der Waals surface area contributed by atoms with Crippen molar-refractivity contribution in [2.45, 2.75) is 27.4 Å². The van der Waals surface area contributed by atoms with Crippen LogP contribution in [0.5, 0.6) is 0 Å². The van der Waals surface area contributed by atoms with Gasteiger partial charge in [0.25, 0.3) is 0 Å². The van der Waals surface area contributed by atoms with Crippen molar-refractivity contribution in [2.24, 2.45) is 11.8 Å². The number of carbonyl (C=O) groups excluding carboxylic acids is 1. The van der Waals surface area contributed by atoms with Crippen molar-refractivity contribution >= 4 is 16.7 Å². The second-order valence-corrected chi connectivity index (χ2v) is 6.71. The third kappa shape index (κ3) is 3.00. The quantitative estimate of drug-likeness (QED) is 0.663. The van der Waals surface area contributed by atoms with Gasteiger partial charge in [0, 0.05) is 28.6 Å². The molecule has 0 saturated carbocycles. The van der Waals surface area contributed by atoms with Crippen molar-refractivity contribution in [3.05, 3.63) is 59.8 Å².